The molecule has 1 unspecified atom stereocenters. The van der Waals surface area contributed by atoms with E-state index in [-0.39, 0.29) is 16.9 Å². The zero-order valence-electron chi connectivity index (χ0n) is 10.8. The number of aryl methyl sites for hydroxylation is 1. The van der Waals surface area contributed by atoms with Crippen LogP contribution in [0.4, 0.5) is 0 Å². The highest BCUT2D eigenvalue weighted by molar-refractivity contribution is 7.07. The van der Waals surface area contributed by atoms with Crippen molar-refractivity contribution < 1.29 is 9.90 Å². The first-order chi connectivity index (χ1) is 8.54. The molecule has 0 aliphatic carbocycles. The van der Waals surface area contributed by atoms with Crippen LogP contribution in [0, 0.1) is 6.92 Å². The van der Waals surface area contributed by atoms with Gasteiger partial charge in [0.1, 0.15) is 0 Å². The Morgan fingerprint density at radius 3 is 2.89 bits per heavy atom. The monoisotopic (exact) mass is 272 g/mol. The largest absolute Gasteiger partial charge is 0.393 e. The Morgan fingerprint density at radius 1 is 1.61 bits per heavy atom. The first-order valence-corrected chi connectivity index (χ1v) is 7.02. The second-order valence-corrected chi connectivity index (χ2v) is 5.07. The summed E-state index contributed by atoms with van der Waals surface area (Å²) in [6.07, 6.45) is 1.20. The summed E-state index contributed by atoms with van der Waals surface area (Å²) < 4.78 is 1.60. The van der Waals surface area contributed by atoms with Crippen molar-refractivity contribution in [2.75, 3.05) is 6.54 Å². The van der Waals surface area contributed by atoms with E-state index < -0.39 is 0 Å². The number of aliphatic hydroxyl groups excluding tert-OH is 1. The maximum absolute atomic E-state index is 11.5. The molecule has 1 amide bonds. The highest BCUT2D eigenvalue weighted by Gasteiger charge is 2.07. The molecule has 2 N–H and O–H groups in total. The van der Waals surface area contributed by atoms with Gasteiger partial charge in [-0.3, -0.25) is 9.59 Å². The average molecular weight is 272 g/mol. The number of hydrogen-bond acceptors (Lipinski definition) is 4. The molecular weight excluding hydrogens is 252 g/mol. The maximum Gasteiger partial charge on any atom is 0.307 e. The van der Waals surface area contributed by atoms with Crippen molar-refractivity contribution in [1.82, 2.24) is 9.88 Å². The third-order valence-corrected chi connectivity index (χ3v) is 3.69. The van der Waals surface area contributed by atoms with E-state index in [1.807, 2.05) is 13.8 Å². The van der Waals surface area contributed by atoms with Gasteiger partial charge in [-0.05, 0) is 19.8 Å². The first kappa shape index (κ1) is 14.9. The van der Waals surface area contributed by atoms with Gasteiger partial charge in [0.2, 0.25) is 5.91 Å². The molecule has 0 saturated heterocycles. The molecular formula is C12H20N2O3S. The Labute approximate surface area is 110 Å². The van der Waals surface area contributed by atoms with Crippen molar-refractivity contribution in [1.29, 1.82) is 0 Å². The zero-order chi connectivity index (χ0) is 13.5. The summed E-state index contributed by atoms with van der Waals surface area (Å²) in [5.74, 6) is -0.0872. The number of rotatable bonds is 7. The van der Waals surface area contributed by atoms with Gasteiger partial charge >= 0.3 is 4.87 Å². The maximum atomic E-state index is 11.5. The van der Waals surface area contributed by atoms with Crippen LogP contribution in [-0.4, -0.2) is 28.2 Å². The second-order valence-electron chi connectivity index (χ2n) is 4.25. The van der Waals surface area contributed by atoms with Gasteiger partial charge in [0, 0.05) is 30.6 Å². The van der Waals surface area contributed by atoms with Crippen LogP contribution in [0.2, 0.25) is 0 Å². The van der Waals surface area contributed by atoms with E-state index in [1.165, 1.54) is 0 Å². The number of nitrogens with zero attached hydrogens (tertiary/aromatic N) is 1. The Morgan fingerprint density at radius 2 is 2.33 bits per heavy atom. The normalized spacial score (nSPS) is 12.4. The van der Waals surface area contributed by atoms with Crippen LogP contribution in [0.3, 0.4) is 0 Å². The van der Waals surface area contributed by atoms with E-state index in [0.29, 0.717) is 32.4 Å². The molecule has 0 saturated carbocycles. The van der Waals surface area contributed by atoms with Gasteiger partial charge in [0.15, 0.2) is 0 Å². The lowest BCUT2D eigenvalue weighted by molar-refractivity contribution is -0.121. The van der Waals surface area contributed by atoms with Gasteiger partial charge in [-0.25, -0.2) is 0 Å². The van der Waals surface area contributed by atoms with Gasteiger partial charge in [-0.2, -0.15) is 0 Å². The number of nitrogens with one attached hydrogen (secondary N) is 1. The third-order valence-electron chi connectivity index (χ3n) is 2.81. The molecule has 0 aliphatic rings. The highest BCUT2D eigenvalue weighted by atomic mass is 32.1. The third kappa shape index (κ3) is 4.62. The minimum atomic E-state index is -0.355. The SMILES string of the molecule is CCC(O)CCNC(=O)CCn1c(C)csc1=O. The van der Waals surface area contributed by atoms with Gasteiger partial charge < -0.3 is 15.0 Å². The molecule has 1 aromatic rings. The van der Waals surface area contributed by atoms with Gasteiger partial charge in [0.05, 0.1) is 6.10 Å². The fraction of sp³-hybridized carbons (Fsp3) is 0.667. The second kappa shape index (κ2) is 7.33. The number of amides is 1. The highest BCUT2D eigenvalue weighted by Crippen LogP contribution is 2.00. The van der Waals surface area contributed by atoms with E-state index in [4.69, 9.17) is 0 Å². The quantitative estimate of drug-likeness (QED) is 0.774. The smallest absolute Gasteiger partial charge is 0.307 e. The van der Waals surface area contributed by atoms with Crippen LogP contribution < -0.4 is 10.2 Å². The number of thiazole rings is 1. The Hall–Kier alpha value is -1.14. The molecule has 0 aliphatic heterocycles. The van der Waals surface area contributed by atoms with Crippen molar-refractivity contribution in [2.24, 2.45) is 0 Å². The predicted octanol–water partition coefficient (Wildman–Crippen LogP) is 0.886. The summed E-state index contributed by atoms with van der Waals surface area (Å²) in [5.41, 5.74) is 0.888. The summed E-state index contributed by atoms with van der Waals surface area (Å²) in [7, 11) is 0. The van der Waals surface area contributed by atoms with Crippen LogP contribution in [0.1, 0.15) is 31.9 Å². The summed E-state index contributed by atoms with van der Waals surface area (Å²) in [6, 6.07) is 0. The van der Waals surface area contributed by atoms with Crippen molar-refractivity contribution in [3.8, 4) is 0 Å². The summed E-state index contributed by atoms with van der Waals surface area (Å²) in [5, 5.41) is 13.9. The number of carbonyl (C=O) groups excluding carboxylic acids is 1. The standard InChI is InChI=1S/C12H20N2O3S/c1-3-10(15)4-6-13-11(16)5-7-14-9(2)8-18-12(14)17/h8,10,15H,3-7H2,1-2H3,(H,13,16). The van der Waals surface area contributed by atoms with E-state index in [2.05, 4.69) is 5.32 Å². The molecule has 102 valence electrons. The summed E-state index contributed by atoms with van der Waals surface area (Å²) in [4.78, 5) is 22.9. The molecule has 6 heteroatoms. The lowest BCUT2D eigenvalue weighted by Crippen LogP contribution is -2.28. The Balaban J connectivity index is 2.27. The molecule has 0 radical (unpaired) electrons. The number of aromatic nitrogens is 1. The molecule has 1 atom stereocenters. The number of carbonyl (C=O) groups is 1. The van der Waals surface area contributed by atoms with Crippen molar-refractivity contribution in [3.05, 3.63) is 20.7 Å². The lowest BCUT2D eigenvalue weighted by Gasteiger charge is -2.09. The minimum absolute atomic E-state index is 0.0262. The lowest BCUT2D eigenvalue weighted by atomic mass is 10.2. The van der Waals surface area contributed by atoms with E-state index in [0.717, 1.165) is 17.0 Å². The molecule has 5 nitrogen and oxygen atoms in total. The van der Waals surface area contributed by atoms with Crippen LogP contribution in [-0.2, 0) is 11.3 Å². The van der Waals surface area contributed by atoms with Crippen molar-refractivity contribution in [3.63, 3.8) is 0 Å². The topological polar surface area (TPSA) is 71.3 Å². The zero-order valence-corrected chi connectivity index (χ0v) is 11.6. The predicted molar refractivity (Wildman–Crippen MR) is 71.9 cm³/mol. The first-order valence-electron chi connectivity index (χ1n) is 6.14. The molecule has 0 fully saturated rings. The average Bonchev–Trinajstić information content (AvgIpc) is 2.66. The molecule has 0 bridgehead atoms. The van der Waals surface area contributed by atoms with Gasteiger partial charge in [0.25, 0.3) is 0 Å². The van der Waals surface area contributed by atoms with E-state index in [9.17, 15) is 14.7 Å². The number of hydrogen-bond donors (Lipinski definition) is 2. The molecule has 0 aromatic carbocycles. The molecule has 1 heterocycles. The van der Waals surface area contributed by atoms with Crippen molar-refractivity contribution in [2.45, 2.75) is 45.8 Å². The van der Waals surface area contributed by atoms with Crippen LogP contribution in [0.15, 0.2) is 10.2 Å². The number of aliphatic hydroxyl groups is 1. The van der Waals surface area contributed by atoms with Gasteiger partial charge in [-0.1, -0.05) is 18.3 Å². The molecule has 1 aromatic heterocycles. The molecule has 1 rings (SSSR count). The van der Waals surface area contributed by atoms with Crippen LogP contribution in [0.25, 0.3) is 0 Å². The van der Waals surface area contributed by atoms with Crippen LogP contribution in [0.5, 0.6) is 0 Å². The van der Waals surface area contributed by atoms with Crippen molar-refractivity contribution >= 4 is 17.2 Å². The Kier molecular flexibility index (Phi) is 6.07. The van der Waals surface area contributed by atoms with Gasteiger partial charge in [-0.15, -0.1) is 0 Å². The molecule has 18 heavy (non-hydrogen) atoms. The Bertz CT molecular complexity index is 439. The summed E-state index contributed by atoms with van der Waals surface area (Å²) >= 11 is 1.15. The summed E-state index contributed by atoms with van der Waals surface area (Å²) in [6.45, 7) is 4.65. The van der Waals surface area contributed by atoms with Crippen LogP contribution >= 0.6 is 11.3 Å². The fourth-order valence-electron chi connectivity index (χ4n) is 1.56. The minimum Gasteiger partial charge on any atom is -0.393 e. The fourth-order valence-corrected chi connectivity index (χ4v) is 2.32. The molecule has 0 spiro atoms. The van der Waals surface area contributed by atoms with E-state index in [1.54, 1.807) is 9.95 Å². The van der Waals surface area contributed by atoms with E-state index >= 15 is 0 Å².